The van der Waals surface area contributed by atoms with Crippen molar-refractivity contribution >= 4 is 11.6 Å². The van der Waals surface area contributed by atoms with Crippen molar-refractivity contribution in [2.75, 3.05) is 0 Å². The summed E-state index contributed by atoms with van der Waals surface area (Å²) >= 11 is 5.41. The normalized spacial score (nSPS) is 7.62. The Morgan fingerprint density at radius 1 is 1.62 bits per heavy atom. The molecule has 0 saturated carbocycles. The number of rotatable bonds is 0. The third kappa shape index (κ3) is 2.37. The first kappa shape index (κ1) is 8.04. The molecule has 0 spiro atoms. The number of aromatic nitrogens is 1. The maximum absolute atomic E-state index is 5.41. The average Bonchev–Trinajstić information content (AvgIpc) is 1.69. The SMILES string of the molecule is Clc1cc[c-]cn1.[Li+]. The third-order valence-corrected chi connectivity index (χ3v) is 0.803. The van der Waals surface area contributed by atoms with Gasteiger partial charge in [-0.05, 0) is 0 Å². The summed E-state index contributed by atoms with van der Waals surface area (Å²) < 4.78 is 0. The Morgan fingerprint density at radius 3 is 2.62 bits per heavy atom. The zero-order chi connectivity index (χ0) is 5.11. The van der Waals surface area contributed by atoms with Crippen molar-refractivity contribution in [1.29, 1.82) is 0 Å². The summed E-state index contributed by atoms with van der Waals surface area (Å²) in [5, 5.41) is 0.513. The summed E-state index contributed by atoms with van der Waals surface area (Å²) in [4.78, 5) is 3.69. The van der Waals surface area contributed by atoms with E-state index in [0.717, 1.165) is 0 Å². The maximum Gasteiger partial charge on any atom is 1.00 e. The van der Waals surface area contributed by atoms with E-state index in [1.807, 2.05) is 0 Å². The van der Waals surface area contributed by atoms with E-state index in [2.05, 4.69) is 11.1 Å². The van der Waals surface area contributed by atoms with E-state index in [-0.39, 0.29) is 18.9 Å². The third-order valence-electron chi connectivity index (χ3n) is 0.580. The van der Waals surface area contributed by atoms with Gasteiger partial charge in [-0.3, -0.25) is 4.98 Å². The van der Waals surface area contributed by atoms with Gasteiger partial charge in [0.1, 0.15) is 0 Å². The predicted octanol–water partition coefficient (Wildman–Crippen LogP) is -1.46. The molecule has 0 amide bonds. The van der Waals surface area contributed by atoms with Crippen LogP contribution in [0.25, 0.3) is 0 Å². The number of nitrogens with zero attached hydrogens (tertiary/aromatic N) is 1. The smallest absolute Gasteiger partial charge is 0.284 e. The molecule has 1 nitrogen and oxygen atoms in total. The van der Waals surface area contributed by atoms with E-state index in [0.29, 0.717) is 5.15 Å². The van der Waals surface area contributed by atoms with Crippen molar-refractivity contribution in [3.05, 3.63) is 29.5 Å². The molecule has 0 saturated heterocycles. The molecule has 0 N–H and O–H groups in total. The van der Waals surface area contributed by atoms with Gasteiger partial charge >= 0.3 is 18.9 Å². The van der Waals surface area contributed by atoms with Crippen LogP contribution >= 0.6 is 11.6 Å². The number of hydrogen-bond acceptors (Lipinski definition) is 1. The quantitative estimate of drug-likeness (QED) is 0.231. The summed E-state index contributed by atoms with van der Waals surface area (Å²) in [5.74, 6) is 0. The second-order valence-corrected chi connectivity index (χ2v) is 1.47. The zero-order valence-electron chi connectivity index (χ0n) is 4.56. The van der Waals surface area contributed by atoms with E-state index >= 15 is 0 Å². The summed E-state index contributed by atoms with van der Waals surface area (Å²) in [5.41, 5.74) is 0. The molecule has 0 aliphatic carbocycles. The van der Waals surface area contributed by atoms with Crippen molar-refractivity contribution < 1.29 is 18.9 Å². The molecular weight excluding hydrogens is 116 g/mol. The van der Waals surface area contributed by atoms with Gasteiger partial charge in [0.2, 0.25) is 0 Å². The first-order valence-electron chi connectivity index (χ1n) is 1.87. The Labute approximate surface area is 65.3 Å². The Bertz CT molecular complexity index is 142. The van der Waals surface area contributed by atoms with E-state index < -0.39 is 0 Å². The first-order valence-corrected chi connectivity index (χ1v) is 2.25. The summed E-state index contributed by atoms with van der Waals surface area (Å²) in [7, 11) is 0. The van der Waals surface area contributed by atoms with Gasteiger partial charge in [-0.2, -0.15) is 6.07 Å². The van der Waals surface area contributed by atoms with Crippen LogP contribution in [0, 0.1) is 6.07 Å². The van der Waals surface area contributed by atoms with Gasteiger partial charge in [0.15, 0.2) is 0 Å². The molecule has 0 radical (unpaired) electrons. The van der Waals surface area contributed by atoms with Crippen LogP contribution in [0.3, 0.4) is 0 Å². The second-order valence-electron chi connectivity index (χ2n) is 1.08. The predicted molar refractivity (Wildman–Crippen MR) is 28.1 cm³/mol. The van der Waals surface area contributed by atoms with E-state index in [4.69, 9.17) is 11.6 Å². The molecule has 0 fully saturated rings. The second kappa shape index (κ2) is 3.97. The van der Waals surface area contributed by atoms with Gasteiger partial charge in [0, 0.05) is 5.15 Å². The Balaban J connectivity index is 0.000000490. The van der Waals surface area contributed by atoms with E-state index in [1.54, 1.807) is 12.1 Å². The standard InChI is InChI=1S/C5H3ClN.Li/c6-5-3-1-2-4-7-5;/h1,3-4H;/q-1;+1. The molecule has 0 bridgehead atoms. The van der Waals surface area contributed by atoms with Gasteiger partial charge < -0.3 is 0 Å². The molecule has 0 atom stereocenters. The van der Waals surface area contributed by atoms with Crippen molar-refractivity contribution in [2.45, 2.75) is 0 Å². The van der Waals surface area contributed by atoms with E-state index in [9.17, 15) is 0 Å². The summed E-state index contributed by atoms with van der Waals surface area (Å²) in [6.07, 6.45) is 1.53. The van der Waals surface area contributed by atoms with Crippen molar-refractivity contribution in [1.82, 2.24) is 4.98 Å². The van der Waals surface area contributed by atoms with Gasteiger partial charge in [-0.15, -0.1) is 0 Å². The van der Waals surface area contributed by atoms with Crippen LogP contribution in [0.4, 0.5) is 0 Å². The van der Waals surface area contributed by atoms with Gasteiger partial charge in [-0.1, -0.05) is 17.8 Å². The maximum atomic E-state index is 5.41. The molecule has 0 aromatic carbocycles. The fraction of sp³-hybridized carbons (Fsp3) is 0. The summed E-state index contributed by atoms with van der Waals surface area (Å²) in [6.45, 7) is 0. The first-order chi connectivity index (χ1) is 3.39. The molecular formula is C5H3ClLiN. The van der Waals surface area contributed by atoms with Gasteiger partial charge in [0.05, 0.1) is 0 Å². The van der Waals surface area contributed by atoms with Gasteiger partial charge in [-0.25, -0.2) is 12.1 Å². The topological polar surface area (TPSA) is 12.9 Å². The van der Waals surface area contributed by atoms with Crippen LogP contribution < -0.4 is 18.9 Å². The molecule has 36 valence electrons. The molecule has 3 heteroatoms. The minimum Gasteiger partial charge on any atom is -0.284 e. The zero-order valence-corrected chi connectivity index (χ0v) is 5.31. The molecule has 0 unspecified atom stereocenters. The Hall–Kier alpha value is 0.0374. The molecule has 8 heavy (non-hydrogen) atoms. The fourth-order valence-electron chi connectivity index (χ4n) is 0.302. The van der Waals surface area contributed by atoms with E-state index in [1.165, 1.54) is 6.20 Å². The van der Waals surface area contributed by atoms with Crippen molar-refractivity contribution in [3.8, 4) is 0 Å². The van der Waals surface area contributed by atoms with Crippen LogP contribution in [0.15, 0.2) is 18.3 Å². The van der Waals surface area contributed by atoms with Crippen LogP contribution in [0.2, 0.25) is 5.15 Å². The minimum absolute atomic E-state index is 0. The molecule has 1 rings (SSSR count). The van der Waals surface area contributed by atoms with Crippen LogP contribution in [-0.2, 0) is 0 Å². The fourth-order valence-corrected chi connectivity index (χ4v) is 0.414. The molecule has 1 aromatic rings. The average molecular weight is 119 g/mol. The van der Waals surface area contributed by atoms with Crippen LogP contribution in [0.5, 0.6) is 0 Å². The number of halogens is 1. The van der Waals surface area contributed by atoms with Crippen LogP contribution in [-0.4, -0.2) is 4.98 Å². The number of hydrogen-bond donors (Lipinski definition) is 0. The Kier molecular flexibility index (Phi) is 3.99. The van der Waals surface area contributed by atoms with Crippen LogP contribution in [0.1, 0.15) is 0 Å². The molecule has 1 heterocycles. The molecule has 0 aliphatic rings. The Morgan fingerprint density at radius 2 is 2.38 bits per heavy atom. The number of pyridine rings is 1. The largest absolute Gasteiger partial charge is 1.00 e. The monoisotopic (exact) mass is 119 g/mol. The molecule has 0 aliphatic heterocycles. The minimum atomic E-state index is 0. The molecule has 1 aromatic heterocycles. The summed E-state index contributed by atoms with van der Waals surface area (Å²) in [6, 6.07) is 6.14. The van der Waals surface area contributed by atoms with Crippen molar-refractivity contribution in [3.63, 3.8) is 0 Å². The van der Waals surface area contributed by atoms with Gasteiger partial charge in [0.25, 0.3) is 0 Å². The van der Waals surface area contributed by atoms with Crippen molar-refractivity contribution in [2.24, 2.45) is 0 Å².